The van der Waals surface area contributed by atoms with Gasteiger partial charge in [0.25, 0.3) is 5.91 Å². The average molecular weight is 425 g/mol. The number of halogens is 1. The number of aliphatic hydroxyl groups is 1. The van der Waals surface area contributed by atoms with Crippen molar-refractivity contribution in [3.63, 3.8) is 0 Å². The number of amides is 1. The lowest BCUT2D eigenvalue weighted by Gasteiger charge is -2.26. The molecule has 0 bridgehead atoms. The summed E-state index contributed by atoms with van der Waals surface area (Å²) in [5, 5.41) is 13.7. The first-order valence-corrected chi connectivity index (χ1v) is 10.0. The van der Waals surface area contributed by atoms with Gasteiger partial charge in [0.1, 0.15) is 0 Å². The van der Waals surface area contributed by atoms with Crippen molar-refractivity contribution >= 4 is 32.7 Å². The molecule has 0 aliphatic heterocycles. The first-order valence-electron chi connectivity index (χ1n) is 9.25. The van der Waals surface area contributed by atoms with Crippen LogP contribution in [-0.4, -0.2) is 28.1 Å². The third kappa shape index (κ3) is 4.04. The van der Waals surface area contributed by atoms with Gasteiger partial charge in [-0.05, 0) is 49.9 Å². The van der Waals surface area contributed by atoms with Gasteiger partial charge in [0.2, 0.25) is 0 Å². The van der Waals surface area contributed by atoms with E-state index < -0.39 is 0 Å². The third-order valence-electron chi connectivity index (χ3n) is 5.13. The molecule has 1 heterocycles. The van der Waals surface area contributed by atoms with Crippen molar-refractivity contribution in [1.29, 1.82) is 0 Å². The van der Waals surface area contributed by atoms with Crippen molar-refractivity contribution in [3.05, 3.63) is 64.6 Å². The second-order valence-corrected chi connectivity index (χ2v) is 7.97. The maximum absolute atomic E-state index is 13.0. The van der Waals surface area contributed by atoms with E-state index in [-0.39, 0.29) is 18.1 Å². The number of aliphatic hydroxyl groups excluding tert-OH is 1. The highest BCUT2D eigenvalue weighted by Gasteiger charge is 2.22. The maximum Gasteiger partial charge on any atom is 0.252 e. The zero-order chi connectivity index (χ0) is 18.8. The van der Waals surface area contributed by atoms with Crippen LogP contribution in [0.5, 0.6) is 0 Å². The number of benzene rings is 2. The highest BCUT2D eigenvalue weighted by molar-refractivity contribution is 9.10. The molecule has 1 amide bonds. The summed E-state index contributed by atoms with van der Waals surface area (Å²) in [7, 11) is 0. The van der Waals surface area contributed by atoms with Crippen LogP contribution in [0.3, 0.4) is 0 Å². The number of pyridine rings is 1. The lowest BCUT2D eigenvalue weighted by molar-refractivity contribution is 0.0869. The molecule has 2 N–H and O–H groups in total. The first kappa shape index (κ1) is 18.1. The highest BCUT2D eigenvalue weighted by atomic mass is 79.9. The number of aromatic nitrogens is 1. The number of carbonyl (C=O) groups excluding carboxylic acids is 1. The minimum absolute atomic E-state index is 0.0756. The second kappa shape index (κ2) is 7.79. The Hall–Kier alpha value is -2.24. The van der Waals surface area contributed by atoms with E-state index >= 15 is 0 Å². The van der Waals surface area contributed by atoms with Crippen molar-refractivity contribution in [2.75, 3.05) is 0 Å². The molecule has 1 fully saturated rings. The number of hydrogen-bond acceptors (Lipinski definition) is 3. The molecule has 138 valence electrons. The summed E-state index contributed by atoms with van der Waals surface area (Å²) in [6.45, 7) is 0. The van der Waals surface area contributed by atoms with Crippen LogP contribution in [0.25, 0.3) is 22.2 Å². The summed E-state index contributed by atoms with van der Waals surface area (Å²) in [6.07, 6.45) is 2.88. The number of fused-ring (bicyclic) bond motifs is 1. The standard InChI is InChI=1S/C22H21BrN2O2/c23-15-7-5-14(6-8-15)21-13-19(18-3-1-2-4-20(18)25-21)22(27)24-16-9-11-17(26)12-10-16/h1-8,13,16-17,26H,9-12H2,(H,24,27). The quantitative estimate of drug-likeness (QED) is 0.640. The molecule has 4 nitrogen and oxygen atoms in total. The topological polar surface area (TPSA) is 62.2 Å². The average Bonchev–Trinajstić information content (AvgIpc) is 2.69. The lowest BCUT2D eigenvalue weighted by Crippen LogP contribution is -2.38. The number of nitrogens with zero attached hydrogens (tertiary/aromatic N) is 1. The van der Waals surface area contributed by atoms with Gasteiger partial charge < -0.3 is 10.4 Å². The highest BCUT2D eigenvalue weighted by Crippen LogP contribution is 2.27. The van der Waals surface area contributed by atoms with Gasteiger partial charge in [0, 0.05) is 21.5 Å². The van der Waals surface area contributed by atoms with Crippen LogP contribution in [0, 0.1) is 0 Å². The van der Waals surface area contributed by atoms with Crippen LogP contribution in [0.2, 0.25) is 0 Å². The Morgan fingerprint density at radius 3 is 2.48 bits per heavy atom. The van der Waals surface area contributed by atoms with Crippen LogP contribution in [-0.2, 0) is 0 Å². The van der Waals surface area contributed by atoms with E-state index in [2.05, 4.69) is 21.2 Å². The third-order valence-corrected chi connectivity index (χ3v) is 5.66. The molecule has 1 saturated carbocycles. The Balaban J connectivity index is 1.70. The normalized spacial score (nSPS) is 19.8. The summed E-state index contributed by atoms with van der Waals surface area (Å²) in [4.78, 5) is 17.8. The van der Waals surface area contributed by atoms with E-state index in [9.17, 15) is 9.90 Å². The first-order chi connectivity index (χ1) is 13.1. The van der Waals surface area contributed by atoms with Gasteiger partial charge in [-0.2, -0.15) is 0 Å². The van der Waals surface area contributed by atoms with Crippen LogP contribution in [0.1, 0.15) is 36.0 Å². The van der Waals surface area contributed by atoms with Crippen molar-refractivity contribution in [2.45, 2.75) is 37.8 Å². The minimum Gasteiger partial charge on any atom is -0.393 e. The molecule has 27 heavy (non-hydrogen) atoms. The van der Waals surface area contributed by atoms with Crippen molar-refractivity contribution in [1.82, 2.24) is 10.3 Å². The lowest BCUT2D eigenvalue weighted by atomic mass is 9.93. The van der Waals surface area contributed by atoms with E-state index in [4.69, 9.17) is 4.98 Å². The van der Waals surface area contributed by atoms with E-state index in [1.54, 1.807) is 0 Å². The Morgan fingerprint density at radius 1 is 1.04 bits per heavy atom. The molecule has 0 radical (unpaired) electrons. The summed E-state index contributed by atoms with van der Waals surface area (Å²) >= 11 is 3.45. The zero-order valence-electron chi connectivity index (χ0n) is 14.9. The number of carbonyl (C=O) groups is 1. The predicted octanol–water partition coefficient (Wildman–Crippen LogP) is 4.70. The molecule has 5 heteroatoms. The summed E-state index contributed by atoms with van der Waals surface area (Å²) in [5.74, 6) is -0.0756. The van der Waals surface area contributed by atoms with Gasteiger partial charge in [0.05, 0.1) is 22.9 Å². The summed E-state index contributed by atoms with van der Waals surface area (Å²) in [6, 6.07) is 17.7. The number of nitrogens with one attached hydrogen (secondary N) is 1. The second-order valence-electron chi connectivity index (χ2n) is 7.06. The van der Waals surface area contributed by atoms with Gasteiger partial charge in [0.15, 0.2) is 0 Å². The van der Waals surface area contributed by atoms with Gasteiger partial charge in [-0.15, -0.1) is 0 Å². The molecule has 0 spiro atoms. The van der Waals surface area contributed by atoms with E-state index in [0.717, 1.165) is 52.3 Å². The van der Waals surface area contributed by atoms with Crippen molar-refractivity contribution in [3.8, 4) is 11.3 Å². The summed E-state index contributed by atoms with van der Waals surface area (Å²) < 4.78 is 1.00. The van der Waals surface area contributed by atoms with Crippen molar-refractivity contribution < 1.29 is 9.90 Å². The number of para-hydroxylation sites is 1. The van der Waals surface area contributed by atoms with Gasteiger partial charge in [-0.1, -0.05) is 46.3 Å². The fourth-order valence-corrected chi connectivity index (χ4v) is 3.88. The molecular weight excluding hydrogens is 404 g/mol. The molecule has 0 atom stereocenters. The number of hydrogen-bond donors (Lipinski definition) is 2. The Kier molecular flexibility index (Phi) is 5.23. The zero-order valence-corrected chi connectivity index (χ0v) is 16.4. The fourth-order valence-electron chi connectivity index (χ4n) is 3.62. The minimum atomic E-state index is -0.232. The van der Waals surface area contributed by atoms with E-state index in [1.165, 1.54) is 0 Å². The largest absolute Gasteiger partial charge is 0.393 e. The van der Waals surface area contributed by atoms with Gasteiger partial charge in [-0.25, -0.2) is 4.98 Å². The van der Waals surface area contributed by atoms with Crippen LogP contribution in [0.4, 0.5) is 0 Å². The molecule has 0 saturated heterocycles. The molecule has 1 aliphatic carbocycles. The summed E-state index contributed by atoms with van der Waals surface area (Å²) in [5.41, 5.74) is 3.20. The maximum atomic E-state index is 13.0. The molecule has 1 aliphatic rings. The van der Waals surface area contributed by atoms with Crippen LogP contribution >= 0.6 is 15.9 Å². The van der Waals surface area contributed by atoms with E-state index in [0.29, 0.717) is 5.56 Å². The molecule has 1 aromatic heterocycles. The molecular formula is C22H21BrN2O2. The fraction of sp³-hybridized carbons (Fsp3) is 0.273. The Bertz CT molecular complexity index is 964. The predicted molar refractivity (Wildman–Crippen MR) is 111 cm³/mol. The van der Waals surface area contributed by atoms with Crippen LogP contribution in [0.15, 0.2) is 59.1 Å². The van der Waals surface area contributed by atoms with E-state index in [1.807, 2.05) is 54.6 Å². The Labute approximate surface area is 166 Å². The smallest absolute Gasteiger partial charge is 0.252 e. The molecule has 3 aromatic rings. The number of rotatable bonds is 3. The van der Waals surface area contributed by atoms with Crippen LogP contribution < -0.4 is 5.32 Å². The van der Waals surface area contributed by atoms with Gasteiger partial charge >= 0.3 is 0 Å². The monoisotopic (exact) mass is 424 g/mol. The molecule has 2 aromatic carbocycles. The Morgan fingerprint density at radius 2 is 1.74 bits per heavy atom. The van der Waals surface area contributed by atoms with Gasteiger partial charge in [-0.3, -0.25) is 4.79 Å². The van der Waals surface area contributed by atoms with Crippen molar-refractivity contribution in [2.24, 2.45) is 0 Å². The molecule has 0 unspecified atom stereocenters. The molecule has 4 rings (SSSR count). The SMILES string of the molecule is O=C(NC1CCC(O)CC1)c1cc(-c2ccc(Br)cc2)nc2ccccc12.